The first-order chi connectivity index (χ1) is 9.13. The largest absolute Gasteiger partial charge is 0.506 e. The summed E-state index contributed by atoms with van der Waals surface area (Å²) in [6.07, 6.45) is 2.24. The van der Waals surface area contributed by atoms with E-state index in [0.717, 1.165) is 48.2 Å². The quantitative estimate of drug-likeness (QED) is 0.642. The third-order valence-electron chi connectivity index (χ3n) is 3.57. The van der Waals surface area contributed by atoms with Gasteiger partial charge in [-0.15, -0.1) is 0 Å². The number of nitrogens with one attached hydrogen (secondary N) is 1. The van der Waals surface area contributed by atoms with Gasteiger partial charge >= 0.3 is 0 Å². The van der Waals surface area contributed by atoms with Crippen LogP contribution < -0.4 is 5.32 Å². The predicted molar refractivity (Wildman–Crippen MR) is 95.6 cm³/mol. The van der Waals surface area contributed by atoms with Crippen LogP contribution in [0.25, 0.3) is 0 Å². The molecule has 1 fully saturated rings. The van der Waals surface area contributed by atoms with Crippen LogP contribution in [0.1, 0.15) is 31.4 Å². The molecule has 0 spiro atoms. The van der Waals surface area contributed by atoms with Crippen LogP contribution in [-0.4, -0.2) is 36.2 Å². The lowest BCUT2D eigenvalue weighted by Crippen LogP contribution is -2.45. The molecule has 0 aliphatic carbocycles. The minimum absolute atomic E-state index is 0.343. The van der Waals surface area contributed by atoms with Gasteiger partial charge in [-0.2, -0.15) is 0 Å². The second-order valence-corrected chi connectivity index (χ2v) is 7.32. The molecule has 3 nitrogen and oxygen atoms in total. The highest BCUT2D eigenvalue weighted by Gasteiger charge is 2.24. The van der Waals surface area contributed by atoms with Crippen molar-refractivity contribution in [3.05, 3.63) is 24.8 Å². The van der Waals surface area contributed by atoms with Crippen LogP contribution >= 0.6 is 45.2 Å². The molecule has 1 atom stereocenters. The van der Waals surface area contributed by atoms with Gasteiger partial charge in [0.05, 0.1) is 3.57 Å². The van der Waals surface area contributed by atoms with Gasteiger partial charge < -0.3 is 10.4 Å². The van der Waals surface area contributed by atoms with Gasteiger partial charge in [-0.05, 0) is 63.7 Å². The third kappa shape index (κ3) is 3.95. The van der Waals surface area contributed by atoms with Crippen LogP contribution in [0, 0.1) is 7.14 Å². The van der Waals surface area contributed by atoms with E-state index in [1.165, 1.54) is 3.57 Å². The highest BCUT2D eigenvalue weighted by Crippen LogP contribution is 2.36. The molecule has 1 aromatic rings. The fourth-order valence-corrected chi connectivity index (χ4v) is 4.53. The molecule has 0 unspecified atom stereocenters. The Bertz CT molecular complexity index is 434. The molecule has 0 amide bonds. The maximum absolute atomic E-state index is 10.4. The Labute approximate surface area is 142 Å². The van der Waals surface area contributed by atoms with Crippen molar-refractivity contribution in [1.29, 1.82) is 0 Å². The SMILES string of the molecule is CCC[C@@H](c1cc(I)cc(I)c1O)N1CCNCC1. The number of hydrogen-bond donors (Lipinski definition) is 2. The summed E-state index contributed by atoms with van der Waals surface area (Å²) < 4.78 is 2.15. The van der Waals surface area contributed by atoms with Gasteiger partial charge in [0.25, 0.3) is 0 Å². The second-order valence-electron chi connectivity index (χ2n) is 4.92. The van der Waals surface area contributed by atoms with E-state index in [4.69, 9.17) is 0 Å². The molecule has 106 valence electrons. The van der Waals surface area contributed by atoms with E-state index in [-0.39, 0.29) is 0 Å². The fourth-order valence-electron chi connectivity index (χ4n) is 2.64. The molecule has 0 radical (unpaired) electrons. The summed E-state index contributed by atoms with van der Waals surface area (Å²) in [6.45, 7) is 6.42. The Morgan fingerprint density at radius 3 is 2.63 bits per heavy atom. The molecule has 1 aliphatic rings. The lowest BCUT2D eigenvalue weighted by Gasteiger charge is -2.35. The van der Waals surface area contributed by atoms with Gasteiger partial charge in [0, 0.05) is 41.4 Å². The molecule has 5 heteroatoms. The van der Waals surface area contributed by atoms with Crippen LogP contribution in [0.15, 0.2) is 12.1 Å². The number of benzene rings is 1. The van der Waals surface area contributed by atoms with Crippen molar-refractivity contribution >= 4 is 45.2 Å². The normalized spacial score (nSPS) is 18.5. The highest BCUT2D eigenvalue weighted by atomic mass is 127. The van der Waals surface area contributed by atoms with Crippen molar-refractivity contribution in [2.24, 2.45) is 0 Å². The molecule has 1 aromatic carbocycles. The van der Waals surface area contributed by atoms with Gasteiger partial charge in [-0.3, -0.25) is 4.90 Å². The number of piperazine rings is 1. The first kappa shape index (κ1) is 15.8. The number of rotatable bonds is 4. The summed E-state index contributed by atoms with van der Waals surface area (Å²) in [6, 6.07) is 4.51. The number of hydrogen-bond acceptors (Lipinski definition) is 3. The maximum Gasteiger partial charge on any atom is 0.133 e. The lowest BCUT2D eigenvalue weighted by molar-refractivity contribution is 0.162. The van der Waals surface area contributed by atoms with E-state index in [0.29, 0.717) is 11.8 Å². The van der Waals surface area contributed by atoms with E-state index in [2.05, 4.69) is 68.4 Å². The van der Waals surface area contributed by atoms with Gasteiger partial charge in [-0.25, -0.2) is 0 Å². The molecule has 0 aromatic heterocycles. The molecule has 0 bridgehead atoms. The average molecular weight is 486 g/mol. The zero-order chi connectivity index (χ0) is 13.8. The molecule has 1 saturated heterocycles. The summed E-state index contributed by atoms with van der Waals surface area (Å²) in [5, 5.41) is 13.8. The van der Waals surface area contributed by atoms with Crippen LogP contribution in [0.4, 0.5) is 0 Å². The smallest absolute Gasteiger partial charge is 0.133 e. The van der Waals surface area contributed by atoms with E-state index in [1.807, 2.05) is 6.07 Å². The molecule has 1 heterocycles. The Kier molecular flexibility index (Phi) is 6.16. The van der Waals surface area contributed by atoms with Crippen molar-refractivity contribution in [3.63, 3.8) is 0 Å². The third-order valence-corrected chi connectivity index (χ3v) is 5.02. The average Bonchev–Trinajstić information content (AvgIpc) is 2.41. The number of halogens is 2. The number of aromatic hydroxyl groups is 1. The van der Waals surface area contributed by atoms with Gasteiger partial charge in [0.2, 0.25) is 0 Å². The summed E-state index contributed by atoms with van der Waals surface area (Å²) in [5.74, 6) is 0.470. The first-order valence-electron chi connectivity index (χ1n) is 6.76. The topological polar surface area (TPSA) is 35.5 Å². The monoisotopic (exact) mass is 486 g/mol. The predicted octanol–water partition coefficient (Wildman–Crippen LogP) is 3.35. The van der Waals surface area contributed by atoms with Gasteiger partial charge in [0.15, 0.2) is 0 Å². The van der Waals surface area contributed by atoms with Crippen molar-refractivity contribution in [1.82, 2.24) is 10.2 Å². The standard InChI is InChI=1S/C14H20I2N2O/c1-2-3-13(18-6-4-17-5-7-18)11-8-10(15)9-12(16)14(11)19/h8-9,13,17,19H,2-7H2,1H3/t13-/m0/s1. The first-order valence-corrected chi connectivity index (χ1v) is 8.92. The van der Waals surface area contributed by atoms with Crippen LogP contribution in [-0.2, 0) is 0 Å². The van der Waals surface area contributed by atoms with Crippen molar-refractivity contribution < 1.29 is 5.11 Å². The Morgan fingerprint density at radius 1 is 1.32 bits per heavy atom. The molecular formula is C14H20I2N2O. The minimum atomic E-state index is 0.343. The minimum Gasteiger partial charge on any atom is -0.506 e. The van der Waals surface area contributed by atoms with Gasteiger partial charge in [0.1, 0.15) is 5.75 Å². The Morgan fingerprint density at radius 2 is 2.00 bits per heavy atom. The van der Waals surface area contributed by atoms with E-state index < -0.39 is 0 Å². The summed E-state index contributed by atoms with van der Waals surface area (Å²) in [7, 11) is 0. The Balaban J connectivity index is 2.32. The van der Waals surface area contributed by atoms with Crippen molar-refractivity contribution in [3.8, 4) is 5.75 Å². The molecule has 0 saturated carbocycles. The highest BCUT2D eigenvalue weighted by molar-refractivity contribution is 14.1. The lowest BCUT2D eigenvalue weighted by atomic mass is 9.99. The van der Waals surface area contributed by atoms with Crippen LogP contribution in [0.2, 0.25) is 0 Å². The van der Waals surface area contributed by atoms with Gasteiger partial charge in [-0.1, -0.05) is 13.3 Å². The maximum atomic E-state index is 10.4. The summed E-state index contributed by atoms with van der Waals surface area (Å²) in [5.41, 5.74) is 1.10. The van der Waals surface area contributed by atoms with E-state index >= 15 is 0 Å². The zero-order valence-corrected chi connectivity index (χ0v) is 15.4. The van der Waals surface area contributed by atoms with E-state index in [9.17, 15) is 5.11 Å². The molecular weight excluding hydrogens is 466 g/mol. The van der Waals surface area contributed by atoms with Crippen LogP contribution in [0.3, 0.4) is 0 Å². The molecule has 2 rings (SSSR count). The summed E-state index contributed by atoms with van der Waals surface area (Å²) >= 11 is 4.56. The zero-order valence-electron chi connectivity index (χ0n) is 11.1. The number of phenols is 1. The fraction of sp³-hybridized carbons (Fsp3) is 0.571. The van der Waals surface area contributed by atoms with Crippen molar-refractivity contribution in [2.45, 2.75) is 25.8 Å². The van der Waals surface area contributed by atoms with Crippen molar-refractivity contribution in [2.75, 3.05) is 26.2 Å². The number of phenolic OH excluding ortho intramolecular Hbond substituents is 1. The molecule has 1 aliphatic heterocycles. The molecule has 19 heavy (non-hydrogen) atoms. The van der Waals surface area contributed by atoms with E-state index in [1.54, 1.807) is 0 Å². The number of nitrogens with zero attached hydrogens (tertiary/aromatic N) is 1. The summed E-state index contributed by atoms with van der Waals surface area (Å²) in [4.78, 5) is 2.50. The van der Waals surface area contributed by atoms with Crippen LogP contribution in [0.5, 0.6) is 5.75 Å². The Hall–Kier alpha value is 0.400. The second kappa shape index (κ2) is 7.42. The molecule has 2 N–H and O–H groups in total.